The van der Waals surface area contributed by atoms with Gasteiger partial charge in [-0.25, -0.2) is 13.6 Å². The van der Waals surface area contributed by atoms with Gasteiger partial charge in [-0.2, -0.15) is 5.10 Å². The molecule has 1 heterocycles. The summed E-state index contributed by atoms with van der Waals surface area (Å²) in [5.41, 5.74) is 7.00. The van der Waals surface area contributed by atoms with Gasteiger partial charge in [0.1, 0.15) is 11.6 Å². The van der Waals surface area contributed by atoms with Crippen LogP contribution in [0.3, 0.4) is 0 Å². The number of nitrogens with zero attached hydrogens (tertiary/aromatic N) is 2. The van der Waals surface area contributed by atoms with E-state index < -0.39 is 17.7 Å². The normalized spacial score (nSPS) is 10.7. The Kier molecular flexibility index (Phi) is 4.95. The minimum absolute atomic E-state index is 0.110. The van der Waals surface area contributed by atoms with E-state index >= 15 is 0 Å². The summed E-state index contributed by atoms with van der Waals surface area (Å²) in [4.78, 5) is 11.5. The van der Waals surface area contributed by atoms with Crippen molar-refractivity contribution < 1.29 is 13.6 Å². The van der Waals surface area contributed by atoms with Crippen molar-refractivity contribution >= 4 is 11.7 Å². The van der Waals surface area contributed by atoms with Crippen LogP contribution in [0.4, 0.5) is 19.3 Å². The highest BCUT2D eigenvalue weighted by Crippen LogP contribution is 2.32. The molecule has 0 saturated carbocycles. The highest BCUT2D eigenvalue weighted by Gasteiger charge is 2.19. The third-order valence-corrected chi connectivity index (χ3v) is 3.51. The molecule has 6 nitrogen and oxygen atoms in total. The van der Waals surface area contributed by atoms with Crippen LogP contribution in [0.5, 0.6) is 0 Å². The number of hydrogen-bond acceptors (Lipinski definition) is 3. The summed E-state index contributed by atoms with van der Waals surface area (Å²) in [6.07, 6.45) is 0. The Hall–Kier alpha value is -2.48. The Labute approximate surface area is 132 Å². The van der Waals surface area contributed by atoms with Crippen LogP contribution in [0.1, 0.15) is 11.4 Å². The van der Waals surface area contributed by atoms with E-state index in [1.165, 1.54) is 0 Å². The van der Waals surface area contributed by atoms with E-state index in [4.69, 9.17) is 5.73 Å². The Morgan fingerprint density at radius 1 is 1.30 bits per heavy atom. The Balaban J connectivity index is 2.36. The number of halogens is 2. The van der Waals surface area contributed by atoms with Crippen molar-refractivity contribution in [2.75, 3.05) is 18.4 Å². The van der Waals surface area contributed by atoms with Crippen LogP contribution in [0.2, 0.25) is 0 Å². The second kappa shape index (κ2) is 6.74. The average Bonchev–Trinajstić information content (AvgIpc) is 2.74. The maximum Gasteiger partial charge on any atom is 0.319 e. The van der Waals surface area contributed by atoms with Gasteiger partial charge in [-0.3, -0.25) is 4.68 Å². The maximum absolute atomic E-state index is 14.4. The first-order valence-electron chi connectivity index (χ1n) is 7.09. The van der Waals surface area contributed by atoms with Crippen LogP contribution in [-0.2, 0) is 7.05 Å². The molecule has 0 aliphatic carbocycles. The monoisotopic (exact) mass is 323 g/mol. The van der Waals surface area contributed by atoms with Gasteiger partial charge in [-0.15, -0.1) is 0 Å². The highest BCUT2D eigenvalue weighted by molar-refractivity contribution is 5.89. The fraction of sp³-hybridized carbons (Fsp3) is 0.333. The Morgan fingerprint density at radius 2 is 2.00 bits per heavy atom. The summed E-state index contributed by atoms with van der Waals surface area (Å²) < 4.78 is 30.2. The molecular formula is C15H19F2N5O. The first-order valence-corrected chi connectivity index (χ1v) is 7.09. The zero-order chi connectivity index (χ0) is 17.1. The summed E-state index contributed by atoms with van der Waals surface area (Å²) >= 11 is 0. The molecule has 1 aromatic carbocycles. The minimum atomic E-state index is -0.730. The van der Waals surface area contributed by atoms with Gasteiger partial charge in [0.25, 0.3) is 0 Å². The summed E-state index contributed by atoms with van der Waals surface area (Å²) in [6, 6.07) is 1.37. The average molecular weight is 323 g/mol. The second-order valence-electron chi connectivity index (χ2n) is 5.15. The third kappa shape index (κ3) is 3.48. The number of hydrogen-bond donors (Lipinski definition) is 3. The van der Waals surface area contributed by atoms with Crippen LogP contribution in [0.15, 0.2) is 12.1 Å². The largest absolute Gasteiger partial charge is 0.337 e. The summed E-state index contributed by atoms with van der Waals surface area (Å²) in [7, 11) is 1.73. The number of rotatable bonds is 4. The van der Waals surface area contributed by atoms with Crippen molar-refractivity contribution in [3.63, 3.8) is 0 Å². The van der Waals surface area contributed by atoms with Crippen molar-refractivity contribution in [2.24, 2.45) is 12.8 Å². The molecule has 0 atom stereocenters. The van der Waals surface area contributed by atoms with Crippen LogP contribution in [0.25, 0.3) is 11.1 Å². The number of aryl methyl sites for hydroxylation is 2. The predicted octanol–water partition coefficient (Wildman–Crippen LogP) is 2.06. The van der Waals surface area contributed by atoms with Gasteiger partial charge in [-0.05, 0) is 19.9 Å². The molecule has 0 aliphatic rings. The van der Waals surface area contributed by atoms with E-state index in [1.807, 2.05) is 0 Å². The summed E-state index contributed by atoms with van der Waals surface area (Å²) in [5.74, 6) is -1.37. The van der Waals surface area contributed by atoms with Gasteiger partial charge in [0, 0.05) is 43.0 Å². The minimum Gasteiger partial charge on any atom is -0.337 e. The molecule has 2 rings (SSSR count). The first kappa shape index (κ1) is 16.9. The van der Waals surface area contributed by atoms with Crippen LogP contribution in [-0.4, -0.2) is 28.9 Å². The number of carbonyl (C=O) groups is 1. The van der Waals surface area contributed by atoms with Gasteiger partial charge in [0.2, 0.25) is 0 Å². The van der Waals surface area contributed by atoms with Crippen LogP contribution >= 0.6 is 0 Å². The second-order valence-corrected chi connectivity index (χ2v) is 5.15. The van der Waals surface area contributed by atoms with Crippen LogP contribution in [0, 0.1) is 25.5 Å². The number of nitrogens with two attached hydrogens (primary N) is 1. The molecule has 8 heteroatoms. The molecule has 23 heavy (non-hydrogen) atoms. The number of urea groups is 1. The third-order valence-electron chi connectivity index (χ3n) is 3.51. The predicted molar refractivity (Wildman–Crippen MR) is 84.1 cm³/mol. The number of aromatic nitrogens is 2. The maximum atomic E-state index is 14.4. The van der Waals surface area contributed by atoms with E-state index in [1.54, 1.807) is 25.6 Å². The lowest BCUT2D eigenvalue weighted by Crippen LogP contribution is -2.33. The number of nitrogens with one attached hydrogen (secondary N) is 2. The molecule has 2 amide bonds. The molecule has 0 fully saturated rings. The van der Waals surface area contributed by atoms with E-state index in [2.05, 4.69) is 15.7 Å². The highest BCUT2D eigenvalue weighted by atomic mass is 19.1. The van der Waals surface area contributed by atoms with E-state index in [0.717, 1.165) is 17.8 Å². The molecule has 0 aliphatic heterocycles. The number of benzene rings is 1. The molecule has 0 bridgehead atoms. The molecule has 0 saturated heterocycles. The van der Waals surface area contributed by atoms with Crippen molar-refractivity contribution in [3.8, 4) is 11.1 Å². The molecule has 0 unspecified atom stereocenters. The number of amides is 2. The molecule has 1 aromatic heterocycles. The number of carbonyl (C=O) groups excluding carboxylic acids is 1. The fourth-order valence-corrected chi connectivity index (χ4v) is 2.35. The standard InChI is InChI=1S/C15H19F2N5O/c1-8-14(9(2)22(3)21-8)10-6-12(17)13(7-11(10)16)20-15(23)19-5-4-18/h6-7H,4-5,18H2,1-3H3,(H2,19,20,23). The lowest BCUT2D eigenvalue weighted by Gasteiger charge is -2.11. The van der Waals surface area contributed by atoms with Gasteiger partial charge in [-0.1, -0.05) is 0 Å². The van der Waals surface area contributed by atoms with Gasteiger partial charge in [0.05, 0.1) is 11.4 Å². The van der Waals surface area contributed by atoms with Crippen molar-refractivity contribution in [3.05, 3.63) is 35.2 Å². The van der Waals surface area contributed by atoms with Crippen LogP contribution < -0.4 is 16.4 Å². The molecule has 0 radical (unpaired) electrons. The Morgan fingerprint density at radius 3 is 2.57 bits per heavy atom. The molecular weight excluding hydrogens is 304 g/mol. The van der Waals surface area contributed by atoms with Crippen molar-refractivity contribution in [1.82, 2.24) is 15.1 Å². The topological polar surface area (TPSA) is 85.0 Å². The fourth-order valence-electron chi connectivity index (χ4n) is 2.35. The molecule has 0 spiro atoms. The zero-order valence-electron chi connectivity index (χ0n) is 13.2. The van der Waals surface area contributed by atoms with E-state index in [-0.39, 0.29) is 24.3 Å². The quantitative estimate of drug-likeness (QED) is 0.805. The molecule has 4 N–H and O–H groups in total. The van der Waals surface area contributed by atoms with E-state index in [0.29, 0.717) is 11.3 Å². The van der Waals surface area contributed by atoms with Crippen molar-refractivity contribution in [2.45, 2.75) is 13.8 Å². The first-order chi connectivity index (χ1) is 10.8. The SMILES string of the molecule is Cc1nn(C)c(C)c1-c1cc(F)c(NC(=O)NCCN)cc1F. The smallest absolute Gasteiger partial charge is 0.319 e. The van der Waals surface area contributed by atoms with Gasteiger partial charge in [0.15, 0.2) is 0 Å². The van der Waals surface area contributed by atoms with Crippen molar-refractivity contribution in [1.29, 1.82) is 0 Å². The lowest BCUT2D eigenvalue weighted by atomic mass is 10.0. The lowest BCUT2D eigenvalue weighted by molar-refractivity contribution is 0.252. The van der Waals surface area contributed by atoms with E-state index in [9.17, 15) is 13.6 Å². The zero-order valence-corrected chi connectivity index (χ0v) is 13.2. The summed E-state index contributed by atoms with van der Waals surface area (Å²) in [6.45, 7) is 4.00. The van der Waals surface area contributed by atoms with Gasteiger partial charge >= 0.3 is 6.03 Å². The summed E-state index contributed by atoms with van der Waals surface area (Å²) in [5, 5.41) is 8.87. The molecule has 2 aromatic rings. The Bertz CT molecular complexity index is 742. The number of anilines is 1. The van der Waals surface area contributed by atoms with Gasteiger partial charge < -0.3 is 16.4 Å². The molecule has 124 valence electrons.